The fraction of sp³-hybridized carbons (Fsp3) is 0.0833. The summed E-state index contributed by atoms with van der Waals surface area (Å²) in [6.45, 7) is 2.22. The van der Waals surface area contributed by atoms with Gasteiger partial charge in [-0.2, -0.15) is 0 Å². The quantitative estimate of drug-likeness (QED) is 0.298. The molecule has 0 saturated heterocycles. The summed E-state index contributed by atoms with van der Waals surface area (Å²) in [6, 6.07) is 25.9. The van der Waals surface area contributed by atoms with E-state index in [9.17, 15) is 0 Å². The smallest absolute Gasteiger partial charge is 0.232 e. The van der Waals surface area contributed by atoms with Crippen LogP contribution in [0, 0.1) is 6.92 Å². The molecule has 0 aliphatic heterocycles. The van der Waals surface area contributed by atoms with E-state index in [1.54, 1.807) is 0 Å². The van der Waals surface area contributed by atoms with Gasteiger partial charge in [-0.05, 0) is 57.2 Å². The van der Waals surface area contributed by atoms with Crippen LogP contribution in [0.5, 0.6) is 0 Å². The second-order valence-corrected chi connectivity index (χ2v) is 6.84. The van der Waals surface area contributed by atoms with Gasteiger partial charge in [0, 0.05) is 5.56 Å². The van der Waals surface area contributed by atoms with Crippen LogP contribution in [-0.2, 0) is 7.05 Å². The molecule has 0 spiro atoms. The lowest BCUT2D eigenvalue weighted by molar-refractivity contribution is -0.662. The van der Waals surface area contributed by atoms with Crippen LogP contribution in [0.2, 0.25) is 0 Å². The van der Waals surface area contributed by atoms with E-state index in [1.165, 1.54) is 43.8 Å². The topological polar surface area (TPSA) is 16.8 Å². The van der Waals surface area contributed by atoms with Gasteiger partial charge in [-0.1, -0.05) is 54.6 Å². The summed E-state index contributed by atoms with van der Waals surface area (Å²) in [5.41, 5.74) is 4.81. The minimum Gasteiger partial charge on any atom is -0.232 e. The third-order valence-electron chi connectivity index (χ3n) is 5.32. The van der Waals surface area contributed by atoms with Gasteiger partial charge in [-0.15, -0.1) is 0 Å². The van der Waals surface area contributed by atoms with E-state index < -0.39 is 0 Å². The minimum absolute atomic E-state index is 1.03. The highest BCUT2D eigenvalue weighted by Crippen LogP contribution is 2.34. The Labute approximate surface area is 152 Å². The maximum atomic E-state index is 4.67. The van der Waals surface area contributed by atoms with Crippen LogP contribution in [-0.4, -0.2) is 4.98 Å². The molecule has 0 amide bonds. The van der Waals surface area contributed by atoms with Crippen molar-refractivity contribution in [2.75, 3.05) is 0 Å². The summed E-state index contributed by atoms with van der Waals surface area (Å²) in [4.78, 5) is 4.67. The molecule has 1 aromatic heterocycles. The summed E-state index contributed by atoms with van der Waals surface area (Å²) in [6.07, 6.45) is 1.92. The first kappa shape index (κ1) is 15.0. The molecule has 2 nitrogen and oxygen atoms in total. The van der Waals surface area contributed by atoms with Crippen LogP contribution in [0.25, 0.3) is 43.7 Å². The summed E-state index contributed by atoms with van der Waals surface area (Å²) in [5, 5.41) is 6.28. The normalized spacial score (nSPS) is 11.5. The van der Waals surface area contributed by atoms with E-state index in [2.05, 4.69) is 96.3 Å². The molecule has 0 fully saturated rings. The van der Waals surface area contributed by atoms with Crippen LogP contribution in [0.1, 0.15) is 5.56 Å². The Balaban J connectivity index is 1.97. The van der Waals surface area contributed by atoms with Crippen LogP contribution in [0.4, 0.5) is 0 Å². The number of hydrogen-bond acceptors (Lipinski definition) is 1. The molecule has 5 rings (SSSR count). The van der Waals surface area contributed by atoms with Crippen molar-refractivity contribution in [2.45, 2.75) is 6.92 Å². The Kier molecular flexibility index (Phi) is 3.26. The van der Waals surface area contributed by atoms with E-state index in [-0.39, 0.29) is 0 Å². The molecule has 4 aromatic carbocycles. The Morgan fingerprint density at radius 1 is 0.731 bits per heavy atom. The largest absolute Gasteiger partial charge is 0.287 e. The third kappa shape index (κ3) is 2.12. The molecule has 1 heterocycles. The molecule has 0 aliphatic rings. The van der Waals surface area contributed by atoms with Gasteiger partial charge in [0.15, 0.2) is 5.52 Å². The Bertz CT molecular complexity index is 1300. The Morgan fingerprint density at radius 3 is 2.19 bits per heavy atom. The number of aromatic nitrogens is 2. The van der Waals surface area contributed by atoms with Crippen molar-refractivity contribution in [3.8, 4) is 11.3 Å². The van der Waals surface area contributed by atoms with Gasteiger partial charge in [0.05, 0.1) is 12.4 Å². The summed E-state index contributed by atoms with van der Waals surface area (Å²) in [7, 11) is 2.08. The first-order valence-corrected chi connectivity index (χ1v) is 8.89. The molecule has 0 atom stereocenters. The molecule has 0 N–H and O–H groups in total. The molecular weight excluding hydrogens is 316 g/mol. The standard InChI is InChI=1S/C24H19N2/c1-16-19-9-5-3-7-17(19)11-13-20(16)24-23-21-10-6-4-8-18(21)12-14-22(23)25-15-26(24)2/h3-15H,1-2H3/q+1. The van der Waals surface area contributed by atoms with Crippen LogP contribution >= 0.6 is 0 Å². The number of fused-ring (bicyclic) bond motifs is 4. The van der Waals surface area contributed by atoms with Crippen LogP contribution < -0.4 is 4.57 Å². The second kappa shape index (κ2) is 5.63. The molecule has 0 unspecified atom stereocenters. The van der Waals surface area contributed by atoms with Crippen molar-refractivity contribution in [3.05, 3.63) is 84.7 Å². The highest BCUT2D eigenvalue weighted by molar-refractivity contribution is 6.12. The van der Waals surface area contributed by atoms with Gasteiger partial charge >= 0.3 is 0 Å². The average Bonchev–Trinajstić information content (AvgIpc) is 2.69. The van der Waals surface area contributed by atoms with Crippen LogP contribution in [0.3, 0.4) is 0 Å². The van der Waals surface area contributed by atoms with Crippen molar-refractivity contribution in [1.29, 1.82) is 0 Å². The minimum atomic E-state index is 1.03. The van der Waals surface area contributed by atoms with E-state index >= 15 is 0 Å². The van der Waals surface area contributed by atoms with Gasteiger partial charge in [0.2, 0.25) is 0 Å². The molecule has 26 heavy (non-hydrogen) atoms. The molecule has 124 valence electrons. The predicted molar refractivity (Wildman–Crippen MR) is 108 cm³/mol. The maximum Gasteiger partial charge on any atom is 0.287 e. The summed E-state index contributed by atoms with van der Waals surface area (Å²) in [5.74, 6) is 0. The van der Waals surface area contributed by atoms with E-state index in [4.69, 9.17) is 0 Å². The van der Waals surface area contributed by atoms with Gasteiger partial charge in [-0.3, -0.25) is 0 Å². The van der Waals surface area contributed by atoms with Crippen molar-refractivity contribution < 1.29 is 4.57 Å². The Morgan fingerprint density at radius 2 is 1.38 bits per heavy atom. The second-order valence-electron chi connectivity index (χ2n) is 6.84. The van der Waals surface area contributed by atoms with Crippen molar-refractivity contribution >= 4 is 32.4 Å². The Hall–Kier alpha value is -3.26. The fourth-order valence-corrected chi connectivity index (χ4v) is 4.01. The first-order valence-electron chi connectivity index (χ1n) is 8.89. The van der Waals surface area contributed by atoms with Gasteiger partial charge in [0.25, 0.3) is 6.33 Å². The SMILES string of the molecule is Cc1c(-c2c3c(ccc4ccccc43)nc[n+]2C)ccc2ccccc12. The van der Waals surface area contributed by atoms with Gasteiger partial charge < -0.3 is 0 Å². The van der Waals surface area contributed by atoms with Gasteiger partial charge in [-0.25, -0.2) is 4.57 Å². The van der Waals surface area contributed by atoms with E-state index in [0.29, 0.717) is 0 Å². The summed E-state index contributed by atoms with van der Waals surface area (Å²) < 4.78 is 2.14. The highest BCUT2D eigenvalue weighted by Gasteiger charge is 2.19. The van der Waals surface area contributed by atoms with Crippen LogP contribution in [0.15, 0.2) is 79.1 Å². The summed E-state index contributed by atoms with van der Waals surface area (Å²) >= 11 is 0. The predicted octanol–water partition coefficient (Wildman–Crippen LogP) is 5.34. The highest BCUT2D eigenvalue weighted by atomic mass is 15.0. The van der Waals surface area contributed by atoms with Gasteiger partial charge in [0.1, 0.15) is 5.69 Å². The molecule has 0 saturated carbocycles. The molecular formula is C24H19N2+. The number of aryl methyl sites for hydroxylation is 2. The number of benzene rings is 4. The average molecular weight is 335 g/mol. The fourth-order valence-electron chi connectivity index (χ4n) is 4.01. The number of rotatable bonds is 1. The number of hydrogen-bond donors (Lipinski definition) is 0. The molecule has 0 bridgehead atoms. The molecule has 0 radical (unpaired) electrons. The molecule has 2 heteroatoms. The molecule has 5 aromatic rings. The first-order chi connectivity index (χ1) is 12.7. The zero-order valence-electron chi connectivity index (χ0n) is 14.9. The van der Waals surface area contributed by atoms with Crippen molar-refractivity contribution in [1.82, 2.24) is 4.98 Å². The maximum absolute atomic E-state index is 4.67. The van der Waals surface area contributed by atoms with Crippen molar-refractivity contribution in [2.24, 2.45) is 7.05 Å². The van der Waals surface area contributed by atoms with Crippen molar-refractivity contribution in [3.63, 3.8) is 0 Å². The monoisotopic (exact) mass is 335 g/mol. The third-order valence-corrected chi connectivity index (χ3v) is 5.32. The van der Waals surface area contributed by atoms with E-state index in [0.717, 1.165) is 5.52 Å². The lowest BCUT2D eigenvalue weighted by atomic mass is 9.94. The number of nitrogens with zero attached hydrogens (tertiary/aromatic N) is 2. The zero-order chi connectivity index (χ0) is 17.7. The molecule has 0 aliphatic carbocycles. The van der Waals surface area contributed by atoms with E-state index in [1.807, 2.05) is 6.33 Å². The zero-order valence-corrected chi connectivity index (χ0v) is 14.9. The lowest BCUT2D eigenvalue weighted by Crippen LogP contribution is -2.31. The lowest BCUT2D eigenvalue weighted by Gasteiger charge is -2.12.